The van der Waals surface area contributed by atoms with Crippen molar-refractivity contribution in [2.45, 2.75) is 6.54 Å². The van der Waals surface area contributed by atoms with Gasteiger partial charge in [-0.1, -0.05) is 12.1 Å². The highest BCUT2D eigenvalue weighted by Gasteiger charge is 2.10. The molecule has 1 aromatic heterocycles. The summed E-state index contributed by atoms with van der Waals surface area (Å²) in [5.41, 5.74) is 3.57. The highest BCUT2D eigenvalue weighted by Crippen LogP contribution is 2.25. The van der Waals surface area contributed by atoms with Crippen LogP contribution in [0.3, 0.4) is 0 Å². The summed E-state index contributed by atoms with van der Waals surface area (Å²) >= 11 is 3.44. The van der Waals surface area contributed by atoms with Gasteiger partial charge >= 0.3 is 0 Å². The average molecular weight is 338 g/mol. The van der Waals surface area contributed by atoms with E-state index in [0.717, 1.165) is 21.6 Å². The second kappa shape index (κ2) is 6.53. The van der Waals surface area contributed by atoms with Crippen molar-refractivity contribution >= 4 is 27.7 Å². The number of anilines is 2. The molecule has 0 saturated heterocycles. The van der Waals surface area contributed by atoms with Gasteiger partial charge in [-0.25, -0.2) is 10.8 Å². The van der Waals surface area contributed by atoms with Crippen molar-refractivity contribution in [2.75, 3.05) is 24.5 Å². The van der Waals surface area contributed by atoms with Gasteiger partial charge in [-0.3, -0.25) is 5.43 Å². The number of hydrazine groups is 1. The lowest BCUT2D eigenvalue weighted by atomic mass is 10.2. The molecule has 0 spiro atoms. The second-order valence-corrected chi connectivity index (χ2v) is 5.07. The van der Waals surface area contributed by atoms with E-state index >= 15 is 0 Å². The number of hydrogen-bond acceptors (Lipinski definition) is 6. The topological polar surface area (TPSA) is 76.3 Å². The number of aromatic nitrogens is 2. The minimum Gasteiger partial charge on any atom is -0.497 e. The van der Waals surface area contributed by atoms with Gasteiger partial charge in [0.05, 0.1) is 11.6 Å². The van der Waals surface area contributed by atoms with Gasteiger partial charge in [0, 0.05) is 19.8 Å². The molecule has 106 valence electrons. The fourth-order valence-corrected chi connectivity index (χ4v) is 2.31. The Kier molecular flexibility index (Phi) is 4.75. The molecular formula is C13H16BrN5O. The summed E-state index contributed by atoms with van der Waals surface area (Å²) in [6.07, 6.45) is 1.67. The smallest absolute Gasteiger partial charge is 0.239 e. The van der Waals surface area contributed by atoms with E-state index in [0.29, 0.717) is 12.5 Å². The Labute approximate surface area is 126 Å². The van der Waals surface area contributed by atoms with Crippen LogP contribution in [-0.4, -0.2) is 24.1 Å². The van der Waals surface area contributed by atoms with Crippen LogP contribution in [-0.2, 0) is 6.54 Å². The van der Waals surface area contributed by atoms with Gasteiger partial charge in [-0.15, -0.1) is 0 Å². The molecule has 6 nitrogen and oxygen atoms in total. The van der Waals surface area contributed by atoms with Crippen LogP contribution in [0.15, 0.2) is 34.9 Å². The van der Waals surface area contributed by atoms with Gasteiger partial charge < -0.3 is 9.64 Å². The van der Waals surface area contributed by atoms with E-state index in [1.807, 2.05) is 36.2 Å². The third kappa shape index (κ3) is 3.37. The summed E-state index contributed by atoms with van der Waals surface area (Å²) in [7, 11) is 3.61. The normalized spacial score (nSPS) is 10.2. The number of methoxy groups -OCH3 is 1. The lowest BCUT2D eigenvalue weighted by Crippen LogP contribution is -2.20. The summed E-state index contributed by atoms with van der Waals surface area (Å²) < 4.78 is 6.03. The maximum Gasteiger partial charge on any atom is 0.239 e. The largest absolute Gasteiger partial charge is 0.497 e. The summed E-state index contributed by atoms with van der Waals surface area (Å²) in [6.45, 7) is 0.691. The molecule has 0 radical (unpaired) electrons. The van der Waals surface area contributed by atoms with E-state index in [1.165, 1.54) is 0 Å². The Hall–Kier alpha value is -1.86. The number of ether oxygens (including phenoxy) is 1. The third-order valence-corrected chi connectivity index (χ3v) is 3.33. The molecule has 0 saturated carbocycles. The monoisotopic (exact) mass is 337 g/mol. The van der Waals surface area contributed by atoms with Gasteiger partial charge in [0.2, 0.25) is 5.95 Å². The first-order chi connectivity index (χ1) is 9.63. The Morgan fingerprint density at radius 2 is 2.25 bits per heavy atom. The molecule has 0 fully saturated rings. The first-order valence-corrected chi connectivity index (χ1v) is 6.76. The van der Waals surface area contributed by atoms with Crippen LogP contribution < -0.4 is 20.9 Å². The maximum absolute atomic E-state index is 5.33. The van der Waals surface area contributed by atoms with E-state index < -0.39 is 0 Å². The zero-order valence-electron chi connectivity index (χ0n) is 11.3. The standard InChI is InChI=1S/C13H16BrN5O/c1-19(8-9-4-3-5-10(6-9)20-2)12-11(14)7-16-13(17-12)18-15/h3-7H,8,15H2,1-2H3,(H,16,17,18). The molecule has 0 amide bonds. The average Bonchev–Trinajstić information content (AvgIpc) is 2.47. The van der Waals surface area contributed by atoms with Gasteiger partial charge in [-0.2, -0.15) is 4.98 Å². The van der Waals surface area contributed by atoms with E-state index in [1.54, 1.807) is 13.3 Å². The Bertz CT molecular complexity index is 593. The fourth-order valence-electron chi connectivity index (χ4n) is 1.81. The van der Waals surface area contributed by atoms with Gasteiger partial charge in [-0.05, 0) is 33.6 Å². The molecule has 2 aromatic rings. The van der Waals surface area contributed by atoms with Crippen LogP contribution in [0.4, 0.5) is 11.8 Å². The van der Waals surface area contributed by atoms with Crippen molar-refractivity contribution in [3.63, 3.8) is 0 Å². The lowest BCUT2D eigenvalue weighted by molar-refractivity contribution is 0.414. The molecule has 0 aliphatic rings. The maximum atomic E-state index is 5.33. The first kappa shape index (κ1) is 14.5. The van der Waals surface area contributed by atoms with E-state index in [9.17, 15) is 0 Å². The summed E-state index contributed by atoms with van der Waals surface area (Å²) in [5, 5.41) is 0. The van der Waals surface area contributed by atoms with Crippen LogP contribution >= 0.6 is 15.9 Å². The van der Waals surface area contributed by atoms with Crippen LogP contribution in [0.2, 0.25) is 0 Å². The summed E-state index contributed by atoms with van der Waals surface area (Å²) in [5.74, 6) is 7.30. The molecule has 0 aliphatic heterocycles. The number of halogens is 1. The summed E-state index contributed by atoms with van der Waals surface area (Å²) in [6, 6.07) is 7.91. The molecule has 0 atom stereocenters. The second-order valence-electron chi connectivity index (χ2n) is 4.22. The molecule has 1 aromatic carbocycles. The molecule has 7 heteroatoms. The number of benzene rings is 1. The van der Waals surface area contributed by atoms with Crippen molar-refractivity contribution < 1.29 is 4.74 Å². The van der Waals surface area contributed by atoms with E-state index in [4.69, 9.17) is 10.6 Å². The highest BCUT2D eigenvalue weighted by molar-refractivity contribution is 9.10. The SMILES string of the molecule is COc1cccc(CN(C)c2nc(NN)ncc2Br)c1. The van der Waals surface area contributed by atoms with Crippen molar-refractivity contribution in [3.8, 4) is 5.75 Å². The first-order valence-electron chi connectivity index (χ1n) is 5.97. The number of rotatable bonds is 5. The lowest BCUT2D eigenvalue weighted by Gasteiger charge is -2.20. The molecular weight excluding hydrogens is 322 g/mol. The Morgan fingerprint density at radius 3 is 2.95 bits per heavy atom. The number of nitrogen functional groups attached to an aromatic ring is 1. The van der Waals surface area contributed by atoms with Crippen LogP contribution in [0.1, 0.15) is 5.56 Å². The zero-order chi connectivity index (χ0) is 14.5. The zero-order valence-corrected chi connectivity index (χ0v) is 12.9. The minimum atomic E-state index is 0.376. The van der Waals surface area contributed by atoms with Gasteiger partial charge in [0.25, 0.3) is 0 Å². The molecule has 0 aliphatic carbocycles. The molecule has 0 unspecified atom stereocenters. The molecule has 3 N–H and O–H groups in total. The molecule has 0 bridgehead atoms. The van der Waals surface area contributed by atoms with Crippen molar-refractivity contribution in [2.24, 2.45) is 5.84 Å². The van der Waals surface area contributed by atoms with Gasteiger partial charge in [0.15, 0.2) is 0 Å². The summed E-state index contributed by atoms with van der Waals surface area (Å²) in [4.78, 5) is 10.4. The molecule has 20 heavy (non-hydrogen) atoms. The number of nitrogens with one attached hydrogen (secondary N) is 1. The van der Waals surface area contributed by atoms with Crippen LogP contribution in [0.5, 0.6) is 5.75 Å². The molecule has 1 heterocycles. The van der Waals surface area contributed by atoms with Crippen LogP contribution in [0.25, 0.3) is 0 Å². The van der Waals surface area contributed by atoms with Crippen LogP contribution in [0, 0.1) is 0 Å². The predicted octanol–water partition coefficient (Wildman–Crippen LogP) is 2.17. The number of hydrogen-bond donors (Lipinski definition) is 2. The predicted molar refractivity (Wildman–Crippen MR) is 82.6 cm³/mol. The van der Waals surface area contributed by atoms with Crippen molar-refractivity contribution in [1.82, 2.24) is 9.97 Å². The quantitative estimate of drug-likeness (QED) is 0.643. The Balaban J connectivity index is 2.20. The molecule has 2 rings (SSSR count). The van der Waals surface area contributed by atoms with Gasteiger partial charge in [0.1, 0.15) is 11.6 Å². The number of nitrogens with zero attached hydrogens (tertiary/aromatic N) is 3. The van der Waals surface area contributed by atoms with Crippen molar-refractivity contribution in [1.29, 1.82) is 0 Å². The van der Waals surface area contributed by atoms with E-state index in [2.05, 4.69) is 31.3 Å². The highest BCUT2D eigenvalue weighted by atomic mass is 79.9. The minimum absolute atomic E-state index is 0.376. The third-order valence-electron chi connectivity index (χ3n) is 2.77. The Morgan fingerprint density at radius 1 is 1.45 bits per heavy atom. The fraction of sp³-hybridized carbons (Fsp3) is 0.231. The van der Waals surface area contributed by atoms with E-state index in [-0.39, 0.29) is 0 Å². The van der Waals surface area contributed by atoms with Crippen molar-refractivity contribution in [3.05, 3.63) is 40.5 Å². The number of nitrogens with two attached hydrogens (primary N) is 1.